The molecule has 1 saturated heterocycles. The normalized spacial score (nSPS) is 32.2. The zero-order valence-electron chi connectivity index (χ0n) is 8.12. The lowest BCUT2D eigenvalue weighted by Crippen LogP contribution is -2.20. The van der Waals surface area contributed by atoms with Crippen molar-refractivity contribution in [2.24, 2.45) is 11.8 Å². The number of aliphatic hydroxyl groups is 1. The van der Waals surface area contributed by atoms with Gasteiger partial charge in [-0.25, -0.2) is 0 Å². The molecule has 1 aliphatic rings. The molecule has 0 aromatic heterocycles. The van der Waals surface area contributed by atoms with Crippen molar-refractivity contribution >= 4 is 0 Å². The molecular weight excluding hydrogens is 152 g/mol. The van der Waals surface area contributed by atoms with Crippen molar-refractivity contribution in [2.45, 2.75) is 39.2 Å². The van der Waals surface area contributed by atoms with E-state index in [2.05, 4.69) is 13.8 Å². The minimum atomic E-state index is 0.298. The molecule has 2 heteroatoms. The summed E-state index contributed by atoms with van der Waals surface area (Å²) in [7, 11) is 0. The molecule has 12 heavy (non-hydrogen) atoms. The predicted octanol–water partition coefficient (Wildman–Crippen LogP) is 1.82. The predicted molar refractivity (Wildman–Crippen MR) is 49.0 cm³/mol. The Morgan fingerprint density at radius 1 is 1.58 bits per heavy atom. The van der Waals surface area contributed by atoms with Crippen LogP contribution in [0.5, 0.6) is 0 Å². The van der Waals surface area contributed by atoms with Crippen LogP contribution in [0.15, 0.2) is 0 Å². The summed E-state index contributed by atoms with van der Waals surface area (Å²) in [4.78, 5) is 0. The van der Waals surface area contributed by atoms with Crippen molar-refractivity contribution in [3.05, 3.63) is 0 Å². The van der Waals surface area contributed by atoms with Crippen LogP contribution in [0.25, 0.3) is 0 Å². The molecule has 2 nitrogen and oxygen atoms in total. The Morgan fingerprint density at radius 2 is 2.33 bits per heavy atom. The van der Waals surface area contributed by atoms with E-state index in [0.717, 1.165) is 19.4 Å². The summed E-state index contributed by atoms with van der Waals surface area (Å²) in [6.45, 7) is 5.61. The lowest BCUT2D eigenvalue weighted by molar-refractivity contribution is 0.0489. The van der Waals surface area contributed by atoms with Crippen LogP contribution >= 0.6 is 0 Å². The lowest BCUT2D eigenvalue weighted by atomic mass is 9.92. The Balaban J connectivity index is 2.33. The molecule has 1 aliphatic heterocycles. The van der Waals surface area contributed by atoms with Crippen LogP contribution in [0.1, 0.15) is 33.1 Å². The maximum absolute atomic E-state index is 8.84. The summed E-state index contributed by atoms with van der Waals surface area (Å²) in [6.07, 6.45) is 3.61. The fourth-order valence-electron chi connectivity index (χ4n) is 1.97. The molecule has 0 saturated carbocycles. The fraction of sp³-hybridized carbons (Fsp3) is 1.00. The van der Waals surface area contributed by atoms with Gasteiger partial charge in [0.05, 0.1) is 6.10 Å². The summed E-state index contributed by atoms with van der Waals surface area (Å²) in [5, 5.41) is 8.84. The van der Waals surface area contributed by atoms with E-state index < -0.39 is 0 Å². The summed E-state index contributed by atoms with van der Waals surface area (Å²) < 4.78 is 5.66. The van der Waals surface area contributed by atoms with Gasteiger partial charge in [-0.1, -0.05) is 20.3 Å². The Morgan fingerprint density at radius 3 is 2.75 bits per heavy atom. The van der Waals surface area contributed by atoms with Gasteiger partial charge in [0.25, 0.3) is 0 Å². The number of hydrogen-bond acceptors (Lipinski definition) is 2. The number of aliphatic hydroxyl groups excluding tert-OH is 1. The van der Waals surface area contributed by atoms with E-state index in [1.165, 1.54) is 6.42 Å². The van der Waals surface area contributed by atoms with E-state index in [0.29, 0.717) is 24.5 Å². The highest BCUT2D eigenvalue weighted by atomic mass is 16.5. The first-order valence-corrected chi connectivity index (χ1v) is 5.00. The lowest BCUT2D eigenvalue weighted by Gasteiger charge is -2.20. The van der Waals surface area contributed by atoms with Crippen LogP contribution in [0.4, 0.5) is 0 Å². The topological polar surface area (TPSA) is 29.5 Å². The van der Waals surface area contributed by atoms with Crippen molar-refractivity contribution in [1.29, 1.82) is 0 Å². The summed E-state index contributed by atoms with van der Waals surface area (Å²) in [5.41, 5.74) is 0. The first-order chi connectivity index (χ1) is 5.77. The van der Waals surface area contributed by atoms with E-state index in [-0.39, 0.29) is 0 Å². The second kappa shape index (κ2) is 4.83. The van der Waals surface area contributed by atoms with Gasteiger partial charge in [-0.05, 0) is 24.7 Å². The minimum Gasteiger partial charge on any atom is -0.396 e. The monoisotopic (exact) mass is 172 g/mol. The number of hydrogen-bond donors (Lipinski definition) is 1. The molecule has 0 amide bonds. The van der Waals surface area contributed by atoms with E-state index in [4.69, 9.17) is 9.84 Å². The van der Waals surface area contributed by atoms with Gasteiger partial charge < -0.3 is 9.84 Å². The molecule has 0 bridgehead atoms. The van der Waals surface area contributed by atoms with E-state index in [1.807, 2.05) is 0 Å². The SMILES string of the molecule is CCC(CCO)C1CC(C)CO1. The third-order valence-corrected chi connectivity index (χ3v) is 2.78. The molecular formula is C10H20O2. The molecule has 0 aromatic rings. The Labute approximate surface area is 74.9 Å². The van der Waals surface area contributed by atoms with Gasteiger partial charge >= 0.3 is 0 Å². The molecule has 0 aliphatic carbocycles. The highest BCUT2D eigenvalue weighted by Crippen LogP contribution is 2.28. The molecule has 0 radical (unpaired) electrons. The Bertz CT molecular complexity index is 123. The largest absolute Gasteiger partial charge is 0.396 e. The smallest absolute Gasteiger partial charge is 0.0607 e. The molecule has 3 atom stereocenters. The van der Waals surface area contributed by atoms with Crippen molar-refractivity contribution < 1.29 is 9.84 Å². The summed E-state index contributed by atoms with van der Waals surface area (Å²) in [5.74, 6) is 1.28. The van der Waals surface area contributed by atoms with Crippen molar-refractivity contribution in [1.82, 2.24) is 0 Å². The molecule has 0 aromatic carbocycles. The van der Waals surface area contributed by atoms with E-state index >= 15 is 0 Å². The third-order valence-electron chi connectivity index (χ3n) is 2.78. The summed E-state index contributed by atoms with van der Waals surface area (Å²) >= 11 is 0. The molecule has 0 spiro atoms. The van der Waals surface area contributed by atoms with Crippen molar-refractivity contribution in [3.63, 3.8) is 0 Å². The fourth-order valence-corrected chi connectivity index (χ4v) is 1.97. The maximum atomic E-state index is 8.84. The first kappa shape index (κ1) is 10.0. The van der Waals surface area contributed by atoms with Gasteiger partial charge in [0.2, 0.25) is 0 Å². The molecule has 1 fully saturated rings. The van der Waals surface area contributed by atoms with Gasteiger partial charge in [0.1, 0.15) is 0 Å². The molecule has 1 N–H and O–H groups in total. The summed E-state index contributed by atoms with van der Waals surface area (Å²) in [6, 6.07) is 0. The zero-order chi connectivity index (χ0) is 8.97. The Hall–Kier alpha value is -0.0800. The standard InChI is InChI=1S/C10H20O2/c1-3-9(4-5-11)10-6-8(2)7-12-10/h8-11H,3-7H2,1-2H3. The van der Waals surface area contributed by atoms with Crippen molar-refractivity contribution in [2.75, 3.05) is 13.2 Å². The molecule has 1 heterocycles. The maximum Gasteiger partial charge on any atom is 0.0607 e. The second-order valence-corrected chi connectivity index (χ2v) is 3.89. The number of ether oxygens (including phenoxy) is 1. The highest BCUT2D eigenvalue weighted by molar-refractivity contribution is 4.76. The van der Waals surface area contributed by atoms with E-state index in [1.54, 1.807) is 0 Å². The van der Waals surface area contributed by atoms with Gasteiger partial charge in [-0.2, -0.15) is 0 Å². The number of rotatable bonds is 4. The molecule has 72 valence electrons. The Kier molecular flexibility index (Phi) is 4.02. The van der Waals surface area contributed by atoms with Crippen LogP contribution in [0.2, 0.25) is 0 Å². The van der Waals surface area contributed by atoms with Crippen LogP contribution in [0, 0.1) is 11.8 Å². The van der Waals surface area contributed by atoms with E-state index in [9.17, 15) is 0 Å². The van der Waals surface area contributed by atoms with Gasteiger partial charge in [-0.3, -0.25) is 0 Å². The van der Waals surface area contributed by atoms with Crippen LogP contribution in [0.3, 0.4) is 0 Å². The quantitative estimate of drug-likeness (QED) is 0.701. The van der Waals surface area contributed by atoms with Crippen LogP contribution in [-0.2, 0) is 4.74 Å². The van der Waals surface area contributed by atoms with Gasteiger partial charge in [0, 0.05) is 13.2 Å². The molecule has 3 unspecified atom stereocenters. The third kappa shape index (κ3) is 2.46. The average molecular weight is 172 g/mol. The van der Waals surface area contributed by atoms with Gasteiger partial charge in [-0.15, -0.1) is 0 Å². The highest BCUT2D eigenvalue weighted by Gasteiger charge is 2.27. The zero-order valence-corrected chi connectivity index (χ0v) is 8.12. The first-order valence-electron chi connectivity index (χ1n) is 5.00. The van der Waals surface area contributed by atoms with Crippen LogP contribution in [-0.4, -0.2) is 24.4 Å². The van der Waals surface area contributed by atoms with Crippen LogP contribution < -0.4 is 0 Å². The molecule has 1 rings (SSSR count). The van der Waals surface area contributed by atoms with Gasteiger partial charge in [0.15, 0.2) is 0 Å². The second-order valence-electron chi connectivity index (χ2n) is 3.89. The average Bonchev–Trinajstić information content (AvgIpc) is 2.47. The minimum absolute atomic E-state index is 0.298. The van der Waals surface area contributed by atoms with Crippen molar-refractivity contribution in [3.8, 4) is 0 Å².